The van der Waals surface area contributed by atoms with E-state index in [1.54, 1.807) is 6.07 Å². The normalized spacial score (nSPS) is 10.1. The summed E-state index contributed by atoms with van der Waals surface area (Å²) in [7, 11) is 1.45. The van der Waals surface area contributed by atoms with Crippen molar-refractivity contribution in [2.45, 2.75) is 0 Å². The van der Waals surface area contributed by atoms with Crippen LogP contribution in [-0.2, 0) is 0 Å². The number of pyridine rings is 1. The SMILES string of the molecule is COc1cc(-c2nc(Cl)ncc2[N+](=O)[O-])ccn1. The van der Waals surface area contributed by atoms with Crippen LogP contribution in [0, 0.1) is 10.1 Å². The molecule has 0 unspecified atom stereocenters. The van der Waals surface area contributed by atoms with E-state index in [4.69, 9.17) is 16.3 Å². The quantitative estimate of drug-likeness (QED) is 0.480. The molecule has 0 N–H and O–H groups in total. The number of hydrogen-bond acceptors (Lipinski definition) is 6. The highest BCUT2D eigenvalue weighted by Crippen LogP contribution is 2.29. The fourth-order valence-electron chi connectivity index (χ4n) is 1.37. The summed E-state index contributed by atoms with van der Waals surface area (Å²) in [5.74, 6) is 0.330. The molecule has 0 bridgehead atoms. The van der Waals surface area contributed by atoms with Gasteiger partial charge in [-0.05, 0) is 17.7 Å². The van der Waals surface area contributed by atoms with E-state index in [0.717, 1.165) is 6.20 Å². The second-order valence-electron chi connectivity index (χ2n) is 3.22. The third-order valence-corrected chi connectivity index (χ3v) is 2.34. The molecule has 18 heavy (non-hydrogen) atoms. The van der Waals surface area contributed by atoms with E-state index in [1.807, 2.05) is 0 Å². The predicted octanol–water partition coefficient (Wildman–Crippen LogP) is 2.11. The fourth-order valence-corrected chi connectivity index (χ4v) is 1.50. The molecule has 0 fully saturated rings. The second kappa shape index (κ2) is 4.92. The van der Waals surface area contributed by atoms with Gasteiger partial charge in [-0.2, -0.15) is 0 Å². The first-order valence-electron chi connectivity index (χ1n) is 4.79. The minimum absolute atomic E-state index is 0.0635. The highest BCUT2D eigenvalue weighted by atomic mass is 35.5. The van der Waals surface area contributed by atoms with Gasteiger partial charge in [0, 0.05) is 17.8 Å². The van der Waals surface area contributed by atoms with Crippen LogP contribution in [-0.4, -0.2) is 27.0 Å². The Morgan fingerprint density at radius 2 is 2.22 bits per heavy atom. The van der Waals surface area contributed by atoms with Gasteiger partial charge in [0.25, 0.3) is 0 Å². The zero-order valence-corrected chi connectivity index (χ0v) is 9.96. The Morgan fingerprint density at radius 1 is 1.44 bits per heavy atom. The summed E-state index contributed by atoms with van der Waals surface area (Å²) in [6, 6.07) is 3.11. The molecule has 0 amide bonds. The molecule has 0 radical (unpaired) electrons. The number of hydrogen-bond donors (Lipinski definition) is 0. The maximum absolute atomic E-state index is 10.9. The Labute approximate surface area is 107 Å². The molecule has 7 nitrogen and oxygen atoms in total. The van der Waals surface area contributed by atoms with Gasteiger partial charge in [-0.25, -0.2) is 15.0 Å². The number of nitrogens with zero attached hydrogens (tertiary/aromatic N) is 4. The third kappa shape index (κ3) is 2.35. The lowest BCUT2D eigenvalue weighted by Crippen LogP contribution is -1.97. The Balaban J connectivity index is 2.61. The van der Waals surface area contributed by atoms with Crippen molar-refractivity contribution in [1.82, 2.24) is 15.0 Å². The van der Waals surface area contributed by atoms with Gasteiger partial charge < -0.3 is 4.74 Å². The van der Waals surface area contributed by atoms with Crippen molar-refractivity contribution >= 4 is 17.3 Å². The van der Waals surface area contributed by atoms with Crippen LogP contribution >= 0.6 is 11.6 Å². The monoisotopic (exact) mass is 266 g/mol. The molecule has 0 aliphatic heterocycles. The zero-order chi connectivity index (χ0) is 13.1. The summed E-state index contributed by atoms with van der Waals surface area (Å²) in [5, 5.41) is 10.8. The first kappa shape index (κ1) is 12.2. The molecular weight excluding hydrogens is 260 g/mol. The summed E-state index contributed by atoms with van der Waals surface area (Å²) in [6.07, 6.45) is 2.53. The van der Waals surface area contributed by atoms with E-state index in [0.29, 0.717) is 11.4 Å². The lowest BCUT2D eigenvalue weighted by Gasteiger charge is -2.04. The van der Waals surface area contributed by atoms with Gasteiger partial charge in [-0.15, -0.1) is 0 Å². The number of aromatic nitrogens is 3. The average Bonchev–Trinajstić information content (AvgIpc) is 2.38. The molecule has 0 atom stereocenters. The molecule has 0 aliphatic rings. The molecule has 2 aromatic rings. The number of rotatable bonds is 3. The van der Waals surface area contributed by atoms with E-state index in [9.17, 15) is 10.1 Å². The Kier molecular flexibility index (Phi) is 3.33. The molecule has 2 rings (SSSR count). The standard InChI is InChI=1S/C10H7ClN4O3/c1-18-8-4-6(2-3-12-8)9-7(15(16)17)5-13-10(11)14-9/h2-5H,1H3. The molecule has 0 saturated heterocycles. The summed E-state index contributed by atoms with van der Waals surface area (Å²) in [4.78, 5) is 21.7. The fraction of sp³-hybridized carbons (Fsp3) is 0.100. The molecule has 0 saturated carbocycles. The van der Waals surface area contributed by atoms with Crippen LogP contribution < -0.4 is 4.74 Å². The van der Waals surface area contributed by atoms with Crippen molar-refractivity contribution in [3.63, 3.8) is 0 Å². The second-order valence-corrected chi connectivity index (χ2v) is 3.55. The summed E-state index contributed by atoms with van der Waals surface area (Å²) in [6.45, 7) is 0. The highest BCUT2D eigenvalue weighted by Gasteiger charge is 2.19. The van der Waals surface area contributed by atoms with Crippen molar-refractivity contribution in [2.75, 3.05) is 7.11 Å². The van der Waals surface area contributed by atoms with Gasteiger partial charge >= 0.3 is 5.69 Å². The van der Waals surface area contributed by atoms with Crippen LogP contribution in [0.4, 0.5) is 5.69 Å². The van der Waals surface area contributed by atoms with E-state index in [-0.39, 0.29) is 16.7 Å². The number of methoxy groups -OCH3 is 1. The Hall–Kier alpha value is -2.28. The molecule has 8 heteroatoms. The smallest absolute Gasteiger partial charge is 0.313 e. The molecule has 0 spiro atoms. The molecule has 2 aromatic heterocycles. The van der Waals surface area contributed by atoms with Crippen molar-refractivity contribution in [3.05, 3.63) is 39.9 Å². The van der Waals surface area contributed by atoms with E-state index in [2.05, 4.69) is 15.0 Å². The van der Waals surface area contributed by atoms with E-state index >= 15 is 0 Å². The average molecular weight is 267 g/mol. The molecule has 2 heterocycles. The van der Waals surface area contributed by atoms with Crippen molar-refractivity contribution in [3.8, 4) is 17.1 Å². The number of nitro groups is 1. The lowest BCUT2D eigenvalue weighted by molar-refractivity contribution is -0.384. The lowest BCUT2D eigenvalue weighted by atomic mass is 10.1. The maximum Gasteiger partial charge on any atom is 0.313 e. The first-order valence-corrected chi connectivity index (χ1v) is 5.17. The van der Waals surface area contributed by atoms with Gasteiger partial charge in [-0.3, -0.25) is 10.1 Å². The van der Waals surface area contributed by atoms with Crippen molar-refractivity contribution in [1.29, 1.82) is 0 Å². The summed E-state index contributed by atoms with van der Waals surface area (Å²) < 4.78 is 4.95. The van der Waals surface area contributed by atoms with Crippen molar-refractivity contribution in [2.24, 2.45) is 0 Å². The van der Waals surface area contributed by atoms with Gasteiger partial charge in [-0.1, -0.05) is 0 Å². The largest absolute Gasteiger partial charge is 0.481 e. The molecular formula is C10H7ClN4O3. The maximum atomic E-state index is 10.9. The third-order valence-electron chi connectivity index (χ3n) is 2.15. The van der Waals surface area contributed by atoms with Crippen LogP contribution in [0.25, 0.3) is 11.3 Å². The zero-order valence-electron chi connectivity index (χ0n) is 9.20. The number of halogens is 1. The number of ether oxygens (including phenoxy) is 1. The van der Waals surface area contributed by atoms with Gasteiger partial charge in [0.1, 0.15) is 6.20 Å². The van der Waals surface area contributed by atoms with Gasteiger partial charge in [0.15, 0.2) is 5.69 Å². The minimum atomic E-state index is -0.571. The predicted molar refractivity (Wildman–Crippen MR) is 63.5 cm³/mol. The van der Waals surface area contributed by atoms with Crippen LogP contribution in [0.1, 0.15) is 0 Å². The highest BCUT2D eigenvalue weighted by molar-refractivity contribution is 6.28. The molecule has 0 aliphatic carbocycles. The summed E-state index contributed by atoms with van der Waals surface area (Å²) >= 11 is 5.65. The van der Waals surface area contributed by atoms with E-state index in [1.165, 1.54) is 19.4 Å². The van der Waals surface area contributed by atoms with Crippen LogP contribution in [0.15, 0.2) is 24.5 Å². The summed E-state index contributed by atoms with van der Waals surface area (Å²) in [5.41, 5.74) is 0.381. The Bertz CT molecular complexity index is 605. The van der Waals surface area contributed by atoms with Crippen LogP contribution in [0.5, 0.6) is 5.88 Å². The van der Waals surface area contributed by atoms with Crippen molar-refractivity contribution < 1.29 is 9.66 Å². The Morgan fingerprint density at radius 3 is 2.89 bits per heavy atom. The minimum Gasteiger partial charge on any atom is -0.481 e. The van der Waals surface area contributed by atoms with Crippen LogP contribution in [0.3, 0.4) is 0 Å². The van der Waals surface area contributed by atoms with Crippen LogP contribution in [0.2, 0.25) is 5.28 Å². The first-order chi connectivity index (χ1) is 8.61. The molecule has 92 valence electrons. The topological polar surface area (TPSA) is 91.0 Å². The molecule has 0 aromatic carbocycles. The van der Waals surface area contributed by atoms with E-state index < -0.39 is 4.92 Å². The van der Waals surface area contributed by atoms with Gasteiger partial charge in [0.05, 0.1) is 12.0 Å². The van der Waals surface area contributed by atoms with Gasteiger partial charge in [0.2, 0.25) is 11.2 Å².